The fourth-order valence-corrected chi connectivity index (χ4v) is 5.45. The molecule has 0 aliphatic carbocycles. The molecule has 0 saturated heterocycles. The van der Waals surface area contributed by atoms with Crippen molar-refractivity contribution in [3.05, 3.63) is 45.4 Å². The smallest absolute Gasteiger partial charge is 0.185 e. The topological polar surface area (TPSA) is 35.2 Å². The first-order valence-electron chi connectivity index (χ1n) is 7.52. The molecule has 0 spiro atoms. The maximum atomic E-state index is 5.45. The average Bonchev–Trinajstić information content (AvgIpc) is 3.08. The molecule has 4 nitrogen and oxygen atoms in total. The highest BCUT2D eigenvalue weighted by molar-refractivity contribution is 8.01. The molecule has 1 N–H and O–H groups in total. The number of fused-ring (bicyclic) bond motifs is 1. The van der Waals surface area contributed by atoms with Crippen LogP contribution in [-0.4, -0.2) is 27.6 Å². The summed E-state index contributed by atoms with van der Waals surface area (Å²) < 4.78 is 4.99. The summed E-state index contributed by atoms with van der Waals surface area (Å²) in [5, 5.41) is 5.77. The molecule has 0 amide bonds. The molecule has 24 heavy (non-hydrogen) atoms. The van der Waals surface area contributed by atoms with Gasteiger partial charge in [-0.15, -0.1) is 16.4 Å². The fourth-order valence-electron chi connectivity index (χ4n) is 2.20. The van der Waals surface area contributed by atoms with Gasteiger partial charge in [-0.3, -0.25) is 0 Å². The molecule has 1 unspecified atom stereocenters. The van der Waals surface area contributed by atoms with Crippen molar-refractivity contribution in [1.29, 1.82) is 0 Å². The molecular weight excluding hydrogens is 376 g/mol. The molecule has 126 valence electrons. The summed E-state index contributed by atoms with van der Waals surface area (Å²) in [5.41, 5.74) is 2.22. The summed E-state index contributed by atoms with van der Waals surface area (Å²) in [5.74, 6) is 0.886. The number of hydrogen-bond acceptors (Lipinski definition) is 6. The largest absolute Gasteiger partial charge is 0.313 e. The van der Waals surface area contributed by atoms with E-state index in [1.165, 1.54) is 9.60 Å². The number of aromatic nitrogens is 3. The lowest BCUT2D eigenvalue weighted by Crippen LogP contribution is -3.07. The van der Waals surface area contributed by atoms with Crippen LogP contribution in [0.1, 0.15) is 11.9 Å². The summed E-state index contributed by atoms with van der Waals surface area (Å²) in [6, 6.07) is 8.26. The number of nitrogens with zero attached hydrogens (tertiary/aromatic N) is 3. The second-order valence-electron chi connectivity index (χ2n) is 5.75. The van der Waals surface area contributed by atoms with Gasteiger partial charge >= 0.3 is 0 Å². The highest BCUT2D eigenvalue weighted by Gasteiger charge is 2.12. The normalized spacial score (nSPS) is 12.6. The maximum absolute atomic E-state index is 5.45. The van der Waals surface area contributed by atoms with Crippen molar-refractivity contribution in [2.24, 2.45) is 0 Å². The Kier molecular flexibility index (Phi) is 5.83. The first kappa shape index (κ1) is 17.8. The van der Waals surface area contributed by atoms with Crippen molar-refractivity contribution in [1.82, 2.24) is 14.8 Å². The number of hydrogen-bond donors (Lipinski definition) is 1. The molecule has 2 heterocycles. The van der Waals surface area contributed by atoms with E-state index >= 15 is 0 Å². The van der Waals surface area contributed by atoms with E-state index in [1.54, 1.807) is 34.4 Å². The number of rotatable bonds is 7. The molecule has 0 radical (unpaired) electrons. The van der Waals surface area contributed by atoms with Crippen molar-refractivity contribution in [3.8, 4) is 0 Å². The van der Waals surface area contributed by atoms with E-state index in [1.807, 2.05) is 17.7 Å². The zero-order valence-corrected chi connectivity index (χ0v) is 16.9. The Labute approximate surface area is 158 Å². The summed E-state index contributed by atoms with van der Waals surface area (Å²) in [7, 11) is 2.15. The number of nitrogens with one attached hydrogen (secondary N) is 1. The second-order valence-corrected chi connectivity index (χ2v) is 9.71. The molecule has 1 atom stereocenters. The standard InChI is InChI=1S/C16H18N4S4/c1-11(2)9-22-15-18-20(16(21)24-15)10-19(3)8-14-17-12-6-4-5-7-13(12)23-14/h4-7H,1,8-10H2,2-3H3/p+1. The van der Waals surface area contributed by atoms with Crippen LogP contribution in [0.5, 0.6) is 0 Å². The van der Waals surface area contributed by atoms with Crippen LogP contribution in [-0.2, 0) is 13.2 Å². The molecule has 1 aromatic carbocycles. The third-order valence-electron chi connectivity index (χ3n) is 3.24. The summed E-state index contributed by atoms with van der Waals surface area (Å²) in [6.45, 7) is 7.57. The summed E-state index contributed by atoms with van der Waals surface area (Å²) >= 11 is 10.5. The molecule has 8 heteroatoms. The summed E-state index contributed by atoms with van der Waals surface area (Å²) in [6.07, 6.45) is 0. The van der Waals surface area contributed by atoms with Crippen LogP contribution in [0, 0.1) is 3.95 Å². The van der Waals surface area contributed by atoms with Crippen LogP contribution < -0.4 is 4.90 Å². The third kappa shape index (κ3) is 4.52. The Balaban J connectivity index is 1.65. The van der Waals surface area contributed by atoms with Gasteiger partial charge in [0.25, 0.3) is 0 Å². The number of quaternary nitrogens is 1. The molecule has 0 aliphatic rings. The first-order valence-corrected chi connectivity index (χ1v) is 10.5. The predicted molar refractivity (Wildman–Crippen MR) is 107 cm³/mol. The number of benzene rings is 1. The molecule has 3 rings (SSSR count). The second kappa shape index (κ2) is 7.88. The van der Waals surface area contributed by atoms with Gasteiger partial charge in [0.15, 0.2) is 15.0 Å². The van der Waals surface area contributed by atoms with Crippen molar-refractivity contribution in [2.75, 3.05) is 12.8 Å². The van der Waals surface area contributed by atoms with Crippen molar-refractivity contribution < 1.29 is 4.90 Å². The van der Waals surface area contributed by atoms with E-state index in [0.717, 1.165) is 43.4 Å². The van der Waals surface area contributed by atoms with Gasteiger partial charge in [-0.2, -0.15) is 4.68 Å². The number of thioether (sulfide) groups is 1. The number of para-hydroxylation sites is 1. The van der Waals surface area contributed by atoms with E-state index in [9.17, 15) is 0 Å². The molecule has 0 fully saturated rings. The van der Waals surface area contributed by atoms with Crippen molar-refractivity contribution in [2.45, 2.75) is 24.5 Å². The lowest BCUT2D eigenvalue weighted by molar-refractivity contribution is -0.917. The van der Waals surface area contributed by atoms with E-state index in [-0.39, 0.29) is 0 Å². The van der Waals surface area contributed by atoms with E-state index in [0.29, 0.717) is 0 Å². The average molecular weight is 396 g/mol. The minimum atomic E-state index is 0.749. The van der Waals surface area contributed by atoms with Crippen molar-refractivity contribution >= 4 is 56.9 Å². The van der Waals surface area contributed by atoms with Crippen molar-refractivity contribution in [3.63, 3.8) is 0 Å². The lowest BCUT2D eigenvalue weighted by Gasteiger charge is -2.11. The monoisotopic (exact) mass is 395 g/mol. The Morgan fingerprint density at radius 2 is 2.17 bits per heavy atom. The molecule has 2 aromatic heterocycles. The van der Waals surface area contributed by atoms with E-state index in [2.05, 4.69) is 36.9 Å². The zero-order valence-electron chi connectivity index (χ0n) is 13.6. The molecular formula is C16H19N4S4+. The van der Waals surface area contributed by atoms with Gasteiger partial charge in [0, 0.05) is 5.75 Å². The van der Waals surface area contributed by atoms with E-state index in [4.69, 9.17) is 17.2 Å². The molecule has 0 saturated carbocycles. The van der Waals surface area contributed by atoms with Gasteiger partial charge in [0.1, 0.15) is 11.6 Å². The summed E-state index contributed by atoms with van der Waals surface area (Å²) in [4.78, 5) is 6.01. The molecule has 3 aromatic rings. The maximum Gasteiger partial charge on any atom is 0.185 e. The van der Waals surface area contributed by atoms with Crippen LogP contribution >= 0.6 is 46.7 Å². The van der Waals surface area contributed by atoms with Gasteiger partial charge in [0.2, 0.25) is 0 Å². The highest BCUT2D eigenvalue weighted by atomic mass is 32.2. The zero-order chi connectivity index (χ0) is 17.1. The minimum absolute atomic E-state index is 0.749. The van der Waals surface area contributed by atoms with Crippen LogP contribution in [0.25, 0.3) is 10.2 Å². The first-order chi connectivity index (χ1) is 11.5. The SMILES string of the molecule is C=C(C)CSc1nn(C[NH+](C)Cc2nc3ccccc3s2)c(=S)s1. The quantitative estimate of drug-likeness (QED) is 0.376. The van der Waals surface area contributed by atoms with E-state index < -0.39 is 0 Å². The number of thiazole rings is 1. The van der Waals surface area contributed by atoms with Gasteiger partial charge in [-0.1, -0.05) is 47.4 Å². The van der Waals surface area contributed by atoms with Gasteiger partial charge in [-0.25, -0.2) is 4.98 Å². The Morgan fingerprint density at radius 3 is 2.92 bits per heavy atom. The Bertz CT molecular complexity index is 875. The van der Waals surface area contributed by atoms with Gasteiger partial charge in [0.05, 0.1) is 17.3 Å². The minimum Gasteiger partial charge on any atom is -0.313 e. The molecule has 0 bridgehead atoms. The van der Waals surface area contributed by atoms with Crippen LogP contribution in [0.2, 0.25) is 0 Å². The predicted octanol–water partition coefficient (Wildman–Crippen LogP) is 3.62. The Morgan fingerprint density at radius 1 is 1.38 bits per heavy atom. The molecule has 0 aliphatic heterocycles. The van der Waals surface area contributed by atoms with Crippen LogP contribution in [0.3, 0.4) is 0 Å². The Hall–Kier alpha value is -1.06. The third-order valence-corrected chi connectivity index (χ3v) is 6.95. The van der Waals surface area contributed by atoms with Gasteiger partial charge < -0.3 is 4.90 Å². The lowest BCUT2D eigenvalue weighted by atomic mass is 10.3. The highest BCUT2D eigenvalue weighted by Crippen LogP contribution is 2.23. The fraction of sp³-hybridized carbons (Fsp3) is 0.312. The van der Waals surface area contributed by atoms with Gasteiger partial charge in [-0.05, 0) is 31.3 Å². The van der Waals surface area contributed by atoms with Crippen LogP contribution in [0.4, 0.5) is 0 Å². The van der Waals surface area contributed by atoms with Crippen LogP contribution in [0.15, 0.2) is 40.8 Å².